The monoisotopic (exact) mass is 375 g/mol. The summed E-state index contributed by atoms with van der Waals surface area (Å²) in [6.07, 6.45) is 0.0306. The van der Waals surface area contributed by atoms with E-state index in [1.165, 1.54) is 0 Å². The lowest BCUT2D eigenvalue weighted by atomic mass is 10.0. The first-order valence-corrected chi connectivity index (χ1v) is 10.1. The highest BCUT2D eigenvalue weighted by Crippen LogP contribution is 2.48. The van der Waals surface area contributed by atoms with Crippen LogP contribution in [-0.2, 0) is 14.1 Å². The van der Waals surface area contributed by atoms with Crippen molar-refractivity contribution in [2.75, 3.05) is 6.16 Å². The molecule has 0 saturated carbocycles. The molecule has 1 aromatic rings. The Balaban J connectivity index is 2.95. The van der Waals surface area contributed by atoms with Crippen LogP contribution >= 0.6 is 19.1 Å². The Morgan fingerprint density at radius 1 is 1.21 bits per heavy atom. The summed E-state index contributed by atoms with van der Waals surface area (Å²) in [6, 6.07) is 5.88. The van der Waals surface area contributed by atoms with Crippen molar-refractivity contribution in [3.8, 4) is 5.75 Å². The van der Waals surface area contributed by atoms with E-state index in [1.54, 1.807) is 45.0 Å². The summed E-state index contributed by atoms with van der Waals surface area (Å²) in [5, 5.41) is 3.41. The Bertz CT molecular complexity index is 596. The van der Waals surface area contributed by atoms with Gasteiger partial charge in [0.25, 0.3) is 0 Å². The minimum Gasteiger partial charge on any atom is -0.462 e. The molecule has 24 heavy (non-hydrogen) atoms. The Morgan fingerprint density at radius 2 is 1.75 bits per heavy atom. The molecule has 2 atom stereocenters. The fraction of sp³-hybridized carbons (Fsp3) is 0.588. The molecule has 1 rings (SSSR count). The van der Waals surface area contributed by atoms with E-state index in [4.69, 9.17) is 20.9 Å². The summed E-state index contributed by atoms with van der Waals surface area (Å²) >= 11 is 5.86. The van der Waals surface area contributed by atoms with E-state index < -0.39 is 19.5 Å². The summed E-state index contributed by atoms with van der Waals surface area (Å²) in [4.78, 5) is 12.0. The van der Waals surface area contributed by atoms with E-state index in [-0.39, 0.29) is 17.7 Å². The van der Waals surface area contributed by atoms with Gasteiger partial charge in [0.15, 0.2) is 0 Å². The van der Waals surface area contributed by atoms with E-state index in [0.717, 1.165) is 0 Å². The van der Waals surface area contributed by atoms with E-state index in [2.05, 4.69) is 5.09 Å². The first-order valence-electron chi connectivity index (χ1n) is 7.93. The molecule has 5 nitrogen and oxygen atoms in total. The maximum absolute atomic E-state index is 13.3. The number of halogens is 1. The zero-order chi connectivity index (χ0) is 18.5. The van der Waals surface area contributed by atoms with Gasteiger partial charge in [0, 0.05) is 5.02 Å². The fourth-order valence-corrected chi connectivity index (χ4v) is 4.82. The number of rotatable bonds is 7. The molecule has 1 aromatic carbocycles. The maximum Gasteiger partial charge on any atom is 0.323 e. The number of carbonyl (C=O) groups is 1. The number of benzene rings is 1. The average Bonchev–Trinajstić information content (AvgIpc) is 2.38. The second-order valence-corrected chi connectivity index (χ2v) is 9.81. The molecule has 0 heterocycles. The quantitative estimate of drug-likeness (QED) is 0.543. The SMILES string of the molecule is CC(C)OC(=O)[C@H](C)NP(=O)(CC(C)(C)C)Oc1ccc(Cl)cc1. The lowest BCUT2D eigenvalue weighted by molar-refractivity contribution is -0.149. The van der Waals surface area contributed by atoms with Crippen molar-refractivity contribution in [3.05, 3.63) is 29.3 Å². The van der Waals surface area contributed by atoms with Gasteiger partial charge in [0.2, 0.25) is 0 Å². The normalized spacial score (nSPS) is 15.7. The fourth-order valence-electron chi connectivity index (χ4n) is 2.08. The summed E-state index contributed by atoms with van der Waals surface area (Å²) < 4.78 is 24.2. The molecule has 1 unspecified atom stereocenters. The van der Waals surface area contributed by atoms with Crippen molar-refractivity contribution in [1.82, 2.24) is 5.09 Å². The zero-order valence-corrected chi connectivity index (χ0v) is 16.8. The third-order valence-electron chi connectivity index (χ3n) is 2.84. The second kappa shape index (κ2) is 8.37. The summed E-state index contributed by atoms with van der Waals surface area (Å²) in [6.45, 7) is 11.0. The van der Waals surface area contributed by atoms with Crippen LogP contribution in [0.25, 0.3) is 0 Å². The van der Waals surface area contributed by atoms with E-state index in [1.807, 2.05) is 20.8 Å². The molecule has 0 aromatic heterocycles. The first kappa shape index (κ1) is 21.0. The molecule has 1 N–H and O–H groups in total. The molecule has 0 saturated heterocycles. The van der Waals surface area contributed by atoms with Crippen molar-refractivity contribution in [2.24, 2.45) is 5.41 Å². The van der Waals surface area contributed by atoms with Crippen LogP contribution in [0, 0.1) is 5.41 Å². The third kappa shape index (κ3) is 7.69. The zero-order valence-electron chi connectivity index (χ0n) is 15.1. The molecule has 0 fully saturated rings. The van der Waals surface area contributed by atoms with Gasteiger partial charge in [-0.05, 0) is 50.5 Å². The van der Waals surface area contributed by atoms with Crippen molar-refractivity contribution in [2.45, 2.75) is 53.7 Å². The van der Waals surface area contributed by atoms with Crippen LogP contribution in [0.1, 0.15) is 41.5 Å². The van der Waals surface area contributed by atoms with Crippen molar-refractivity contribution >= 4 is 25.1 Å². The molecule has 0 aliphatic carbocycles. The molecule has 0 aliphatic heterocycles. The van der Waals surface area contributed by atoms with E-state index in [9.17, 15) is 9.36 Å². The molecule has 0 radical (unpaired) electrons. The van der Waals surface area contributed by atoms with Crippen LogP contribution < -0.4 is 9.61 Å². The van der Waals surface area contributed by atoms with Gasteiger partial charge < -0.3 is 9.26 Å². The molecule has 7 heteroatoms. The predicted molar refractivity (Wildman–Crippen MR) is 97.8 cm³/mol. The highest BCUT2D eigenvalue weighted by atomic mass is 35.5. The number of carbonyl (C=O) groups excluding carboxylic acids is 1. The van der Waals surface area contributed by atoms with Gasteiger partial charge in [0.05, 0.1) is 12.3 Å². The smallest absolute Gasteiger partial charge is 0.323 e. The van der Waals surface area contributed by atoms with Gasteiger partial charge in [-0.2, -0.15) is 0 Å². The summed E-state index contributed by atoms with van der Waals surface area (Å²) in [5.74, 6) is -0.0252. The number of ether oxygens (including phenoxy) is 1. The standard InChI is InChI=1S/C17H27ClNO4P/c1-12(2)22-16(20)13(3)19-24(21,11-17(4,5)6)23-15-9-7-14(18)8-10-15/h7-10,12-13H,11H2,1-6H3,(H,19,21)/t13-,24?/m0/s1. The van der Waals surface area contributed by atoms with Crippen LogP contribution in [-0.4, -0.2) is 24.3 Å². The number of hydrogen-bond donors (Lipinski definition) is 1. The van der Waals surface area contributed by atoms with Crippen LogP contribution in [0.3, 0.4) is 0 Å². The summed E-state index contributed by atoms with van der Waals surface area (Å²) in [5.41, 5.74) is -0.253. The number of esters is 1. The summed E-state index contributed by atoms with van der Waals surface area (Å²) in [7, 11) is -3.33. The van der Waals surface area contributed by atoms with Crippen LogP contribution in [0.2, 0.25) is 5.02 Å². The molecular formula is C17H27ClNO4P. The van der Waals surface area contributed by atoms with Crippen LogP contribution in [0.4, 0.5) is 0 Å². The lowest BCUT2D eigenvalue weighted by Crippen LogP contribution is -2.37. The highest BCUT2D eigenvalue weighted by Gasteiger charge is 2.34. The predicted octanol–water partition coefficient (Wildman–Crippen LogP) is 4.89. The van der Waals surface area contributed by atoms with Gasteiger partial charge in [0.1, 0.15) is 11.8 Å². The minimum atomic E-state index is -3.33. The van der Waals surface area contributed by atoms with E-state index in [0.29, 0.717) is 10.8 Å². The molecule has 0 bridgehead atoms. The first-order chi connectivity index (χ1) is 10.9. The van der Waals surface area contributed by atoms with E-state index >= 15 is 0 Å². The van der Waals surface area contributed by atoms with Gasteiger partial charge in [-0.15, -0.1) is 0 Å². The van der Waals surface area contributed by atoms with Gasteiger partial charge >= 0.3 is 13.5 Å². The van der Waals surface area contributed by atoms with Crippen LogP contribution in [0.5, 0.6) is 5.75 Å². The third-order valence-corrected chi connectivity index (χ3v) is 5.75. The molecule has 0 aliphatic rings. The Hall–Kier alpha value is -1.03. The highest BCUT2D eigenvalue weighted by molar-refractivity contribution is 7.57. The minimum absolute atomic E-state index is 0.235. The molecule has 136 valence electrons. The van der Waals surface area contributed by atoms with Crippen molar-refractivity contribution in [3.63, 3.8) is 0 Å². The second-order valence-electron chi connectivity index (χ2n) is 7.27. The Labute approximate surface area is 149 Å². The Morgan fingerprint density at radius 3 is 2.21 bits per heavy atom. The largest absolute Gasteiger partial charge is 0.462 e. The average molecular weight is 376 g/mol. The van der Waals surface area contributed by atoms with Gasteiger partial charge in [-0.25, -0.2) is 5.09 Å². The lowest BCUT2D eigenvalue weighted by Gasteiger charge is -2.29. The Kier molecular flexibility index (Phi) is 7.33. The molecule has 0 spiro atoms. The maximum atomic E-state index is 13.3. The number of nitrogens with one attached hydrogen (secondary N) is 1. The number of hydrogen-bond acceptors (Lipinski definition) is 4. The van der Waals surface area contributed by atoms with Gasteiger partial charge in [-0.1, -0.05) is 32.4 Å². The van der Waals surface area contributed by atoms with Crippen molar-refractivity contribution < 1.29 is 18.6 Å². The van der Waals surface area contributed by atoms with Crippen LogP contribution in [0.15, 0.2) is 24.3 Å². The van der Waals surface area contributed by atoms with Crippen molar-refractivity contribution in [1.29, 1.82) is 0 Å². The molecular weight excluding hydrogens is 349 g/mol. The topological polar surface area (TPSA) is 64.6 Å². The van der Waals surface area contributed by atoms with Gasteiger partial charge in [-0.3, -0.25) is 9.36 Å². The molecule has 0 amide bonds.